The molecule has 0 saturated heterocycles. The van der Waals surface area contributed by atoms with E-state index in [-0.39, 0.29) is 5.41 Å². The molecule has 1 unspecified atom stereocenters. The van der Waals surface area contributed by atoms with E-state index in [1.54, 1.807) is 7.11 Å². The van der Waals surface area contributed by atoms with Gasteiger partial charge in [0.05, 0.1) is 6.61 Å². The molecule has 0 aliphatic carbocycles. The molecule has 0 fully saturated rings. The molecule has 0 heterocycles. The van der Waals surface area contributed by atoms with Gasteiger partial charge in [-0.1, -0.05) is 20.8 Å². The highest BCUT2D eigenvalue weighted by molar-refractivity contribution is 4.85. The van der Waals surface area contributed by atoms with Gasteiger partial charge < -0.3 is 10.5 Å². The van der Waals surface area contributed by atoms with E-state index in [9.17, 15) is 0 Å². The lowest BCUT2D eigenvalue weighted by atomic mass is 9.85. The Morgan fingerprint density at radius 3 is 2.07 bits per heavy atom. The van der Waals surface area contributed by atoms with Gasteiger partial charge in [0.15, 0.2) is 0 Å². The number of rotatable bonds is 6. The molecular weight excluding hydrogens is 188 g/mol. The standard InChI is InChI=1S/C12H28N2O/c1-10(2)14(7-8-15-6)11(9-13)12(3,4)5/h10-11H,7-9,13H2,1-6H3. The molecule has 0 bridgehead atoms. The van der Waals surface area contributed by atoms with E-state index in [2.05, 4.69) is 39.5 Å². The molecule has 0 rings (SSSR count). The van der Waals surface area contributed by atoms with Crippen LogP contribution in [-0.4, -0.2) is 43.8 Å². The van der Waals surface area contributed by atoms with Gasteiger partial charge in [0.2, 0.25) is 0 Å². The maximum absolute atomic E-state index is 5.89. The molecular formula is C12H28N2O. The molecule has 0 amide bonds. The summed E-state index contributed by atoms with van der Waals surface area (Å²) in [6, 6.07) is 0.917. The Labute approximate surface area is 95.0 Å². The summed E-state index contributed by atoms with van der Waals surface area (Å²) < 4.78 is 5.15. The van der Waals surface area contributed by atoms with Crippen LogP contribution in [0.3, 0.4) is 0 Å². The normalized spacial score (nSPS) is 15.0. The Bertz CT molecular complexity index is 163. The van der Waals surface area contributed by atoms with Crippen LogP contribution >= 0.6 is 0 Å². The lowest BCUT2D eigenvalue weighted by Gasteiger charge is -2.42. The van der Waals surface area contributed by atoms with Crippen molar-refractivity contribution in [3.63, 3.8) is 0 Å². The van der Waals surface area contributed by atoms with E-state index in [4.69, 9.17) is 10.5 Å². The first-order valence-electron chi connectivity index (χ1n) is 5.79. The predicted octanol–water partition coefficient (Wildman–Crippen LogP) is 1.72. The number of nitrogens with zero attached hydrogens (tertiary/aromatic N) is 1. The molecule has 0 aliphatic rings. The van der Waals surface area contributed by atoms with Crippen LogP contribution in [0.5, 0.6) is 0 Å². The quantitative estimate of drug-likeness (QED) is 0.734. The smallest absolute Gasteiger partial charge is 0.0589 e. The van der Waals surface area contributed by atoms with Crippen molar-refractivity contribution in [2.75, 3.05) is 26.8 Å². The zero-order valence-corrected chi connectivity index (χ0v) is 11.2. The third kappa shape index (κ3) is 4.96. The van der Waals surface area contributed by atoms with Crippen molar-refractivity contribution in [2.45, 2.75) is 46.7 Å². The summed E-state index contributed by atoms with van der Waals surface area (Å²) in [5, 5.41) is 0. The third-order valence-electron chi connectivity index (χ3n) is 2.84. The van der Waals surface area contributed by atoms with Crippen molar-refractivity contribution >= 4 is 0 Å². The summed E-state index contributed by atoms with van der Waals surface area (Å²) in [6.45, 7) is 13.6. The highest BCUT2D eigenvalue weighted by atomic mass is 16.5. The topological polar surface area (TPSA) is 38.5 Å². The van der Waals surface area contributed by atoms with Crippen molar-refractivity contribution in [1.82, 2.24) is 4.90 Å². The van der Waals surface area contributed by atoms with Gasteiger partial charge in [0.25, 0.3) is 0 Å². The molecule has 2 N–H and O–H groups in total. The maximum atomic E-state index is 5.89. The van der Waals surface area contributed by atoms with Crippen LogP contribution in [0.15, 0.2) is 0 Å². The van der Waals surface area contributed by atoms with Crippen LogP contribution in [0.25, 0.3) is 0 Å². The third-order valence-corrected chi connectivity index (χ3v) is 2.84. The molecule has 0 aromatic carbocycles. The molecule has 0 saturated carbocycles. The van der Waals surface area contributed by atoms with Crippen molar-refractivity contribution in [3.05, 3.63) is 0 Å². The van der Waals surface area contributed by atoms with Crippen molar-refractivity contribution in [1.29, 1.82) is 0 Å². The summed E-state index contributed by atoms with van der Waals surface area (Å²) in [6.07, 6.45) is 0. The second-order valence-corrected chi connectivity index (χ2v) is 5.44. The van der Waals surface area contributed by atoms with Crippen LogP contribution in [-0.2, 0) is 4.74 Å². The minimum atomic E-state index is 0.215. The molecule has 0 aromatic heterocycles. The molecule has 15 heavy (non-hydrogen) atoms. The predicted molar refractivity (Wildman–Crippen MR) is 66.0 cm³/mol. The minimum absolute atomic E-state index is 0.215. The zero-order chi connectivity index (χ0) is 12.1. The Hall–Kier alpha value is -0.120. The van der Waals surface area contributed by atoms with Gasteiger partial charge in [-0.15, -0.1) is 0 Å². The van der Waals surface area contributed by atoms with Gasteiger partial charge in [-0.3, -0.25) is 4.90 Å². The van der Waals surface area contributed by atoms with Crippen LogP contribution in [0, 0.1) is 5.41 Å². The molecule has 0 aliphatic heterocycles. The van der Waals surface area contributed by atoms with Gasteiger partial charge in [-0.25, -0.2) is 0 Å². The highest BCUT2D eigenvalue weighted by Gasteiger charge is 2.30. The first-order chi connectivity index (χ1) is 6.84. The summed E-state index contributed by atoms with van der Waals surface area (Å²) in [5.74, 6) is 0. The lowest BCUT2D eigenvalue weighted by Crippen LogP contribution is -2.52. The minimum Gasteiger partial charge on any atom is -0.383 e. The highest BCUT2D eigenvalue weighted by Crippen LogP contribution is 2.24. The molecule has 1 atom stereocenters. The Kier molecular flexibility index (Phi) is 6.41. The number of ether oxygens (including phenoxy) is 1. The number of hydrogen-bond acceptors (Lipinski definition) is 3. The summed E-state index contributed by atoms with van der Waals surface area (Å²) in [4.78, 5) is 2.43. The number of nitrogens with two attached hydrogens (primary N) is 1. The van der Waals surface area contributed by atoms with E-state index >= 15 is 0 Å². The van der Waals surface area contributed by atoms with Gasteiger partial charge in [-0.05, 0) is 19.3 Å². The fourth-order valence-corrected chi connectivity index (χ4v) is 1.96. The van der Waals surface area contributed by atoms with E-state index in [1.807, 2.05) is 0 Å². The Morgan fingerprint density at radius 2 is 1.80 bits per heavy atom. The molecule has 3 nitrogen and oxygen atoms in total. The molecule has 0 aromatic rings. The van der Waals surface area contributed by atoms with Gasteiger partial charge in [0, 0.05) is 32.3 Å². The molecule has 3 heteroatoms. The van der Waals surface area contributed by atoms with E-state index < -0.39 is 0 Å². The number of hydrogen-bond donors (Lipinski definition) is 1. The lowest BCUT2D eigenvalue weighted by molar-refractivity contribution is 0.0486. The van der Waals surface area contributed by atoms with Crippen LogP contribution in [0.1, 0.15) is 34.6 Å². The largest absolute Gasteiger partial charge is 0.383 e. The fraction of sp³-hybridized carbons (Fsp3) is 1.00. The van der Waals surface area contributed by atoms with E-state index in [1.165, 1.54) is 0 Å². The average Bonchev–Trinajstić information content (AvgIpc) is 2.09. The first kappa shape index (κ1) is 14.9. The fourth-order valence-electron chi connectivity index (χ4n) is 1.96. The van der Waals surface area contributed by atoms with Gasteiger partial charge in [0.1, 0.15) is 0 Å². The first-order valence-corrected chi connectivity index (χ1v) is 5.79. The van der Waals surface area contributed by atoms with Crippen LogP contribution < -0.4 is 5.73 Å². The summed E-state index contributed by atoms with van der Waals surface area (Å²) in [5.41, 5.74) is 6.10. The second-order valence-electron chi connectivity index (χ2n) is 5.44. The molecule has 0 radical (unpaired) electrons. The van der Waals surface area contributed by atoms with E-state index in [0.717, 1.165) is 13.2 Å². The molecule has 0 spiro atoms. The van der Waals surface area contributed by atoms with Gasteiger partial charge >= 0.3 is 0 Å². The second kappa shape index (κ2) is 6.46. The monoisotopic (exact) mass is 216 g/mol. The van der Waals surface area contributed by atoms with Crippen molar-refractivity contribution < 1.29 is 4.74 Å². The SMILES string of the molecule is COCCN(C(C)C)C(CN)C(C)(C)C. The Morgan fingerprint density at radius 1 is 1.27 bits per heavy atom. The van der Waals surface area contributed by atoms with Gasteiger partial charge in [-0.2, -0.15) is 0 Å². The van der Waals surface area contributed by atoms with Crippen LogP contribution in [0.4, 0.5) is 0 Å². The number of methoxy groups -OCH3 is 1. The van der Waals surface area contributed by atoms with Crippen molar-refractivity contribution in [2.24, 2.45) is 11.1 Å². The maximum Gasteiger partial charge on any atom is 0.0589 e. The molecule has 92 valence electrons. The summed E-state index contributed by atoms with van der Waals surface area (Å²) >= 11 is 0. The Balaban J connectivity index is 4.55. The van der Waals surface area contributed by atoms with E-state index in [0.29, 0.717) is 18.6 Å². The average molecular weight is 216 g/mol. The zero-order valence-electron chi connectivity index (χ0n) is 11.2. The van der Waals surface area contributed by atoms with Crippen LogP contribution in [0.2, 0.25) is 0 Å². The van der Waals surface area contributed by atoms with Crippen molar-refractivity contribution in [3.8, 4) is 0 Å². The summed E-state index contributed by atoms with van der Waals surface area (Å²) in [7, 11) is 1.74.